The topological polar surface area (TPSA) is 142 Å². The zero-order valence-electron chi connectivity index (χ0n) is 48.1. The normalized spacial score (nSPS) is 17.2. The van der Waals surface area contributed by atoms with Crippen molar-refractivity contribution in [3.63, 3.8) is 0 Å². The van der Waals surface area contributed by atoms with Crippen molar-refractivity contribution in [1.29, 1.82) is 0 Å². The number of ketones is 4. The van der Waals surface area contributed by atoms with Crippen LogP contribution >= 0.6 is 0 Å². The molecule has 0 bridgehead atoms. The molecule has 0 atom stereocenters. The van der Waals surface area contributed by atoms with Crippen LogP contribution in [-0.4, -0.2) is 46.3 Å². The number of fused-ring (bicyclic) bond motifs is 14. The summed E-state index contributed by atoms with van der Waals surface area (Å²) in [5.41, 5.74) is 3.34. The number of carbonyl (C=O) groups is 4. The molecule has 0 radical (unpaired) electrons. The minimum Gasteiger partial charge on any atom is -0.448 e. The molecule has 0 saturated heterocycles. The maximum atomic E-state index is 13.9. The number of carbonyl (C=O) groups excluding carboxylic acids is 4. The van der Waals surface area contributed by atoms with Crippen LogP contribution in [-0.2, 0) is 0 Å². The number of hydrogen-bond donors (Lipinski definition) is 0. The lowest BCUT2D eigenvalue weighted by Crippen LogP contribution is -2.36. The van der Waals surface area contributed by atoms with Crippen molar-refractivity contribution in [2.24, 2.45) is 0 Å². The summed E-state index contributed by atoms with van der Waals surface area (Å²) in [5.74, 6) is 2.30. The number of rotatable bonds is 8. The predicted octanol–water partition coefficient (Wildman–Crippen LogP) is 17.0. The highest BCUT2D eigenvalue weighted by Gasteiger charge is 2.43. The van der Waals surface area contributed by atoms with Crippen LogP contribution in [0, 0.1) is 0 Å². The lowest BCUT2D eigenvalue weighted by molar-refractivity contribution is -0.0846. The highest BCUT2D eigenvalue weighted by atomic mass is 16.7. The van der Waals surface area contributed by atoms with Crippen molar-refractivity contribution in [3.05, 3.63) is 166 Å². The molecule has 16 rings (SSSR count). The lowest BCUT2D eigenvalue weighted by Gasteiger charge is -2.24. The van der Waals surface area contributed by atoms with Crippen LogP contribution in [0.3, 0.4) is 0 Å². The fraction of sp³-hybridized carbons (Fsp3) is 0.278. The highest BCUT2D eigenvalue weighted by Crippen LogP contribution is 2.50. The Morgan fingerprint density at radius 3 is 0.452 bits per heavy atom. The average Bonchev–Trinajstić information content (AvgIpc) is 3.24. The van der Waals surface area contributed by atoms with E-state index in [0.717, 1.165) is 113 Å². The minimum absolute atomic E-state index is 0.154. The van der Waals surface area contributed by atoms with E-state index in [1.807, 2.05) is 125 Å². The molecule has 0 spiro atoms. The van der Waals surface area contributed by atoms with Gasteiger partial charge >= 0.3 is 0 Å². The van der Waals surface area contributed by atoms with E-state index in [9.17, 15) is 19.2 Å². The average molecular weight is 1120 g/mol. The molecule has 420 valence electrons. The summed E-state index contributed by atoms with van der Waals surface area (Å²) in [6, 6.07) is 38.5. The van der Waals surface area contributed by atoms with Crippen LogP contribution in [0.25, 0.3) is 64.6 Å². The van der Waals surface area contributed by atoms with Gasteiger partial charge < -0.3 is 37.9 Å². The second kappa shape index (κ2) is 18.2. The molecule has 10 aromatic rings. The van der Waals surface area contributed by atoms with E-state index in [-0.39, 0.29) is 23.1 Å². The largest absolute Gasteiger partial charge is 0.448 e. The van der Waals surface area contributed by atoms with Gasteiger partial charge in [-0.3, -0.25) is 19.2 Å². The Kier molecular flexibility index (Phi) is 11.2. The van der Waals surface area contributed by atoms with Gasteiger partial charge in [-0.15, -0.1) is 0 Å². The van der Waals surface area contributed by atoms with Gasteiger partial charge in [0.15, 0.2) is 69.1 Å². The molecule has 2 aliphatic carbocycles. The van der Waals surface area contributed by atoms with E-state index in [4.69, 9.17) is 37.9 Å². The molecule has 0 unspecified atom stereocenters. The Morgan fingerprint density at radius 2 is 0.321 bits per heavy atom. The summed E-state index contributed by atoms with van der Waals surface area (Å²) >= 11 is 0. The molecule has 0 amide bonds. The first kappa shape index (κ1) is 51.7. The van der Waals surface area contributed by atoms with Gasteiger partial charge in [0.25, 0.3) is 23.1 Å². The highest BCUT2D eigenvalue weighted by molar-refractivity contribution is 6.32. The van der Waals surface area contributed by atoms with Gasteiger partial charge in [0.05, 0.1) is 0 Å². The van der Waals surface area contributed by atoms with Crippen LogP contribution in [0.2, 0.25) is 0 Å². The van der Waals surface area contributed by atoms with Crippen LogP contribution in [0.15, 0.2) is 121 Å². The molecular weight excluding hydrogens is 1060 g/mol. The lowest BCUT2D eigenvalue weighted by atomic mass is 9.81. The van der Waals surface area contributed by atoms with Crippen molar-refractivity contribution < 1.29 is 57.1 Å². The van der Waals surface area contributed by atoms with Crippen LogP contribution in [0.4, 0.5) is 0 Å². The number of ether oxygens (including phenoxy) is 8. The zero-order chi connectivity index (χ0) is 57.9. The fourth-order valence-electron chi connectivity index (χ4n) is 13.3. The molecule has 84 heavy (non-hydrogen) atoms. The van der Waals surface area contributed by atoms with Gasteiger partial charge in [0.1, 0.15) is 0 Å². The Bertz CT molecular complexity index is 4080. The summed E-state index contributed by atoms with van der Waals surface area (Å²) in [4.78, 5) is 55.5. The maximum absolute atomic E-state index is 13.9. The SMILES string of the molecule is CCC1(CC)Oc2cc3cc4c(cc3cc2O1)C(=O)c1cc2cc3cc5c(cc3cc2cc1C4=O)OC(CC)(CC)O5.CCC1(CC)Oc2cc3cc4c(cc3cc2O1)C(=O)c1cc2cc3cc5c(cc3cc2cc1C4=O)OC(CC)(CC)O5. The Morgan fingerprint density at radius 1 is 0.202 bits per heavy atom. The first-order chi connectivity index (χ1) is 40.6. The molecule has 0 saturated carbocycles. The van der Waals surface area contributed by atoms with E-state index in [0.29, 0.717) is 93.2 Å². The molecule has 12 heteroatoms. The molecule has 4 heterocycles. The third-order valence-electron chi connectivity index (χ3n) is 18.7. The zero-order valence-corrected chi connectivity index (χ0v) is 48.1. The van der Waals surface area contributed by atoms with Gasteiger partial charge in [0, 0.05) is 95.9 Å². The monoisotopic (exact) mass is 1120 g/mol. The van der Waals surface area contributed by atoms with Gasteiger partial charge in [0.2, 0.25) is 0 Å². The minimum atomic E-state index is -0.682. The van der Waals surface area contributed by atoms with Gasteiger partial charge in [-0.25, -0.2) is 0 Å². The Labute approximate surface area is 484 Å². The van der Waals surface area contributed by atoms with Gasteiger partial charge in [-0.2, -0.15) is 0 Å². The van der Waals surface area contributed by atoms with Crippen molar-refractivity contribution in [3.8, 4) is 46.0 Å². The smallest absolute Gasteiger partial charge is 0.251 e. The molecule has 0 fully saturated rings. The summed E-state index contributed by atoms with van der Waals surface area (Å²) in [7, 11) is 0. The first-order valence-corrected chi connectivity index (χ1v) is 29.6. The molecule has 10 aromatic carbocycles. The van der Waals surface area contributed by atoms with Gasteiger partial charge in [-0.1, -0.05) is 55.4 Å². The van der Waals surface area contributed by atoms with Crippen LogP contribution < -0.4 is 37.9 Å². The fourth-order valence-corrected chi connectivity index (χ4v) is 13.3. The molecule has 12 nitrogen and oxygen atoms in total. The van der Waals surface area contributed by atoms with E-state index in [1.54, 1.807) is 0 Å². The van der Waals surface area contributed by atoms with E-state index < -0.39 is 23.1 Å². The number of hydrogen-bond acceptors (Lipinski definition) is 12. The van der Waals surface area contributed by atoms with Crippen molar-refractivity contribution >= 4 is 87.8 Å². The third-order valence-corrected chi connectivity index (χ3v) is 18.7. The summed E-state index contributed by atoms with van der Waals surface area (Å²) in [5, 5.41) is 10.8. The molecule has 0 aromatic heterocycles. The first-order valence-electron chi connectivity index (χ1n) is 29.6. The summed E-state index contributed by atoms with van der Waals surface area (Å²) in [6.45, 7) is 16.4. The van der Waals surface area contributed by atoms with Crippen LogP contribution in [0.1, 0.15) is 170 Å². The predicted molar refractivity (Wildman–Crippen MR) is 323 cm³/mol. The Balaban J connectivity index is 0.000000143. The van der Waals surface area contributed by atoms with E-state index in [2.05, 4.69) is 52.0 Å². The van der Waals surface area contributed by atoms with Crippen molar-refractivity contribution in [1.82, 2.24) is 0 Å². The Hall–Kier alpha value is -9.16. The molecule has 0 N–H and O–H groups in total. The number of benzene rings is 10. The molecule has 6 aliphatic rings. The van der Waals surface area contributed by atoms with Crippen LogP contribution in [0.5, 0.6) is 46.0 Å². The van der Waals surface area contributed by atoms with Crippen molar-refractivity contribution in [2.45, 2.75) is 130 Å². The summed E-state index contributed by atoms with van der Waals surface area (Å²) in [6.07, 6.45) is 5.80. The van der Waals surface area contributed by atoms with E-state index >= 15 is 0 Å². The summed E-state index contributed by atoms with van der Waals surface area (Å²) < 4.78 is 49.7. The quantitative estimate of drug-likeness (QED) is 0.134. The van der Waals surface area contributed by atoms with Crippen molar-refractivity contribution in [2.75, 3.05) is 0 Å². The van der Waals surface area contributed by atoms with Gasteiger partial charge in [-0.05, 0) is 186 Å². The molecular formula is C72H60O12. The van der Waals surface area contributed by atoms with E-state index in [1.165, 1.54) is 0 Å². The third kappa shape index (κ3) is 7.57. The second-order valence-corrected chi connectivity index (χ2v) is 23.2. The standard InChI is InChI=1S/2C36H30O6/c2*1-5-35(6-2)39-29-15-21-9-19-11-25-26(12-20(19)10-22(21)16-30(29)40-35)34(38)28-14-24-18-32-31(41-36(7-3,8-4)42-32)17-23(24)13-27(28)33(25)37/h2*9-18H,5-8H2,1-4H3. The second-order valence-electron chi connectivity index (χ2n) is 23.2. The molecule has 4 aliphatic heterocycles. The maximum Gasteiger partial charge on any atom is 0.251 e.